The van der Waals surface area contributed by atoms with Gasteiger partial charge in [-0.1, -0.05) is 60.1 Å². The molecule has 0 fully saturated rings. The molecule has 3 aromatic carbocycles. The summed E-state index contributed by atoms with van der Waals surface area (Å²) in [4.78, 5) is 27.9. The molecule has 0 aliphatic carbocycles. The standard InChI is InChI=1S/C26H22ClFN2O2/c1-16-24(26(32)29-25(17(2)31)20-11-6-7-14-23(20)28)19-12-8-13-22(27)21(19)15-30(16)18-9-4-3-5-10-18/h3-14,25H,15H2,1-2H3,(H,29,32)/t25-/m1/s1. The number of carbonyl (C=O) groups excluding carboxylic acids is 2. The molecule has 0 radical (unpaired) electrons. The van der Waals surface area contributed by atoms with Crippen molar-refractivity contribution in [1.82, 2.24) is 5.32 Å². The van der Waals surface area contributed by atoms with Gasteiger partial charge in [0.15, 0.2) is 5.78 Å². The molecule has 0 aromatic heterocycles. The molecule has 0 unspecified atom stereocenters. The van der Waals surface area contributed by atoms with Crippen molar-refractivity contribution in [2.24, 2.45) is 0 Å². The largest absolute Gasteiger partial charge is 0.340 e. The van der Waals surface area contributed by atoms with Gasteiger partial charge in [0.2, 0.25) is 0 Å². The number of benzene rings is 3. The van der Waals surface area contributed by atoms with E-state index in [9.17, 15) is 14.0 Å². The van der Waals surface area contributed by atoms with Gasteiger partial charge in [-0.25, -0.2) is 4.39 Å². The van der Waals surface area contributed by atoms with Crippen LogP contribution in [0.1, 0.15) is 36.6 Å². The average Bonchev–Trinajstić information content (AvgIpc) is 2.78. The molecule has 1 aliphatic rings. The second-order valence-corrected chi connectivity index (χ2v) is 8.09. The van der Waals surface area contributed by atoms with Gasteiger partial charge < -0.3 is 10.2 Å². The summed E-state index contributed by atoms with van der Waals surface area (Å²) < 4.78 is 14.4. The Labute approximate surface area is 191 Å². The van der Waals surface area contributed by atoms with Crippen molar-refractivity contribution >= 4 is 34.6 Å². The number of carbonyl (C=O) groups is 2. The van der Waals surface area contributed by atoms with Crippen molar-refractivity contribution in [1.29, 1.82) is 0 Å². The number of rotatable bonds is 5. The first-order chi connectivity index (χ1) is 15.4. The fourth-order valence-corrected chi connectivity index (χ4v) is 4.28. The zero-order valence-corrected chi connectivity index (χ0v) is 18.5. The Bertz CT molecular complexity index is 1220. The van der Waals surface area contributed by atoms with Gasteiger partial charge in [0.1, 0.15) is 11.9 Å². The second-order valence-electron chi connectivity index (χ2n) is 7.69. The highest BCUT2D eigenvalue weighted by atomic mass is 35.5. The number of Topliss-reactive ketones (excluding diaryl/α,β-unsaturated/α-hetero) is 1. The van der Waals surface area contributed by atoms with Crippen molar-refractivity contribution in [2.45, 2.75) is 26.4 Å². The third-order valence-electron chi connectivity index (χ3n) is 5.66. The van der Waals surface area contributed by atoms with E-state index in [0.717, 1.165) is 16.9 Å². The number of nitrogens with zero attached hydrogens (tertiary/aromatic N) is 1. The van der Waals surface area contributed by atoms with Gasteiger partial charge >= 0.3 is 0 Å². The average molecular weight is 449 g/mol. The monoisotopic (exact) mass is 448 g/mol. The summed E-state index contributed by atoms with van der Waals surface area (Å²) in [5.74, 6) is -1.37. The van der Waals surface area contributed by atoms with Crippen molar-refractivity contribution in [3.05, 3.63) is 106 Å². The number of fused-ring (bicyclic) bond motifs is 1. The van der Waals surface area contributed by atoms with Gasteiger partial charge in [0, 0.05) is 28.5 Å². The molecule has 6 heteroatoms. The first-order valence-corrected chi connectivity index (χ1v) is 10.6. The predicted molar refractivity (Wildman–Crippen MR) is 125 cm³/mol. The summed E-state index contributed by atoms with van der Waals surface area (Å²) in [6.07, 6.45) is 0. The fraction of sp³-hybridized carbons (Fsp3) is 0.154. The molecule has 4 rings (SSSR count). The van der Waals surface area contributed by atoms with Crippen LogP contribution in [0.2, 0.25) is 5.02 Å². The molecule has 1 aliphatic heterocycles. The Kier molecular flexibility index (Phi) is 6.10. The number of hydrogen-bond acceptors (Lipinski definition) is 3. The van der Waals surface area contributed by atoms with Gasteiger partial charge in [0.05, 0.1) is 5.57 Å². The third-order valence-corrected chi connectivity index (χ3v) is 6.02. The lowest BCUT2D eigenvalue weighted by atomic mass is 9.91. The van der Waals surface area contributed by atoms with Crippen LogP contribution in [0.15, 0.2) is 78.5 Å². The normalized spacial score (nSPS) is 14.1. The SMILES string of the molecule is CC(=O)[C@@H](NC(=O)C1=C(C)N(c2ccccc2)Cc2c(Cl)cccc21)c1ccccc1F. The summed E-state index contributed by atoms with van der Waals surface area (Å²) >= 11 is 6.50. The highest BCUT2D eigenvalue weighted by Crippen LogP contribution is 2.38. The van der Waals surface area contributed by atoms with E-state index in [0.29, 0.717) is 22.7 Å². The molecule has 4 nitrogen and oxygen atoms in total. The molecule has 1 N–H and O–H groups in total. The lowest BCUT2D eigenvalue weighted by Crippen LogP contribution is -2.37. The van der Waals surface area contributed by atoms with E-state index in [-0.39, 0.29) is 11.3 Å². The quantitative estimate of drug-likeness (QED) is 0.546. The summed E-state index contributed by atoms with van der Waals surface area (Å²) in [6.45, 7) is 3.70. The zero-order chi connectivity index (χ0) is 22.8. The smallest absolute Gasteiger partial charge is 0.254 e. The summed E-state index contributed by atoms with van der Waals surface area (Å²) in [5, 5.41) is 3.30. The first-order valence-electron chi connectivity index (χ1n) is 10.3. The molecule has 1 atom stereocenters. The minimum Gasteiger partial charge on any atom is -0.340 e. The molecule has 0 saturated heterocycles. The van der Waals surface area contributed by atoms with Crippen molar-refractivity contribution in [3.8, 4) is 0 Å². The van der Waals surface area contributed by atoms with Crippen LogP contribution in [-0.4, -0.2) is 11.7 Å². The van der Waals surface area contributed by atoms with E-state index in [1.807, 2.05) is 48.2 Å². The Hall–Kier alpha value is -3.44. The maximum atomic E-state index is 14.4. The number of para-hydroxylation sites is 1. The molecule has 1 amide bonds. The maximum Gasteiger partial charge on any atom is 0.254 e. The van der Waals surface area contributed by atoms with Crippen LogP contribution in [0.4, 0.5) is 10.1 Å². The summed E-state index contributed by atoms with van der Waals surface area (Å²) in [7, 11) is 0. The van der Waals surface area contributed by atoms with Gasteiger partial charge in [-0.3, -0.25) is 9.59 Å². The van der Waals surface area contributed by atoms with E-state index < -0.39 is 17.8 Å². The number of allylic oxidation sites excluding steroid dienone is 1. The number of hydrogen-bond donors (Lipinski definition) is 1. The minimum absolute atomic E-state index is 0.133. The van der Waals surface area contributed by atoms with Crippen LogP contribution in [0.5, 0.6) is 0 Å². The summed E-state index contributed by atoms with van der Waals surface area (Å²) in [6, 6.07) is 20.0. The molecule has 0 bridgehead atoms. The number of nitrogens with one attached hydrogen (secondary N) is 1. The summed E-state index contributed by atoms with van der Waals surface area (Å²) in [5.41, 5.74) is 3.70. The lowest BCUT2D eigenvalue weighted by molar-refractivity contribution is -0.124. The van der Waals surface area contributed by atoms with Crippen LogP contribution >= 0.6 is 11.6 Å². The third kappa shape index (κ3) is 4.04. The van der Waals surface area contributed by atoms with E-state index in [2.05, 4.69) is 5.32 Å². The number of amides is 1. The van der Waals surface area contributed by atoms with E-state index in [1.165, 1.54) is 19.1 Å². The Balaban J connectivity index is 1.80. The van der Waals surface area contributed by atoms with Gasteiger partial charge in [-0.05, 0) is 49.2 Å². The van der Waals surface area contributed by atoms with Crippen molar-refractivity contribution in [2.75, 3.05) is 4.90 Å². The molecule has 1 heterocycles. The molecule has 0 spiro atoms. The first kappa shape index (κ1) is 21.8. The molecular weight excluding hydrogens is 427 g/mol. The van der Waals surface area contributed by atoms with Crippen LogP contribution in [-0.2, 0) is 16.1 Å². The Morgan fingerprint density at radius 3 is 2.38 bits per heavy atom. The van der Waals surface area contributed by atoms with E-state index in [1.54, 1.807) is 24.3 Å². The van der Waals surface area contributed by atoms with Gasteiger partial charge in [-0.2, -0.15) is 0 Å². The second kappa shape index (κ2) is 8.97. The highest BCUT2D eigenvalue weighted by Gasteiger charge is 2.31. The minimum atomic E-state index is -1.10. The zero-order valence-electron chi connectivity index (χ0n) is 17.7. The Morgan fingerprint density at radius 1 is 1.00 bits per heavy atom. The maximum absolute atomic E-state index is 14.4. The van der Waals surface area contributed by atoms with Gasteiger partial charge in [-0.15, -0.1) is 0 Å². The highest BCUT2D eigenvalue weighted by molar-refractivity contribution is 6.32. The van der Waals surface area contributed by atoms with Crippen LogP contribution in [0, 0.1) is 5.82 Å². The molecule has 32 heavy (non-hydrogen) atoms. The lowest BCUT2D eigenvalue weighted by Gasteiger charge is -2.34. The number of halogens is 2. The fourth-order valence-electron chi connectivity index (χ4n) is 4.05. The molecular formula is C26H22ClFN2O2. The van der Waals surface area contributed by atoms with Crippen LogP contribution < -0.4 is 10.2 Å². The van der Waals surface area contributed by atoms with E-state index in [4.69, 9.17) is 11.6 Å². The molecule has 3 aromatic rings. The predicted octanol–water partition coefficient (Wildman–Crippen LogP) is 5.68. The Morgan fingerprint density at radius 2 is 1.69 bits per heavy atom. The topological polar surface area (TPSA) is 49.4 Å². The number of anilines is 1. The number of ketones is 1. The van der Waals surface area contributed by atoms with Crippen molar-refractivity contribution in [3.63, 3.8) is 0 Å². The van der Waals surface area contributed by atoms with Gasteiger partial charge in [0.25, 0.3) is 5.91 Å². The van der Waals surface area contributed by atoms with Crippen LogP contribution in [0.3, 0.4) is 0 Å². The molecule has 162 valence electrons. The van der Waals surface area contributed by atoms with Crippen LogP contribution in [0.25, 0.3) is 5.57 Å². The molecule has 0 saturated carbocycles. The van der Waals surface area contributed by atoms with Crippen molar-refractivity contribution < 1.29 is 14.0 Å². The van der Waals surface area contributed by atoms with E-state index >= 15 is 0 Å².